The second-order valence-corrected chi connectivity index (χ2v) is 5.52. The van der Waals surface area contributed by atoms with Crippen LogP contribution in [0, 0.1) is 25.2 Å². The third kappa shape index (κ3) is 4.00. The van der Waals surface area contributed by atoms with Crippen LogP contribution in [0.25, 0.3) is 0 Å². The maximum Gasteiger partial charge on any atom is 0.122 e. The predicted octanol–water partition coefficient (Wildman–Crippen LogP) is 5.03. The highest BCUT2D eigenvalue weighted by molar-refractivity contribution is 6.31. The summed E-state index contributed by atoms with van der Waals surface area (Å²) in [5.41, 5.74) is 3.19. The van der Waals surface area contributed by atoms with Crippen molar-refractivity contribution >= 4 is 11.6 Å². The molecule has 1 unspecified atom stereocenters. The number of halogens is 1. The average molecular weight is 300 g/mol. The Morgan fingerprint density at radius 2 is 1.95 bits per heavy atom. The Kier molecular flexibility index (Phi) is 5.25. The van der Waals surface area contributed by atoms with E-state index < -0.39 is 0 Å². The molecule has 2 rings (SSSR count). The number of nitriles is 1. The zero-order chi connectivity index (χ0) is 15.2. The van der Waals surface area contributed by atoms with E-state index in [0.29, 0.717) is 18.1 Å². The van der Waals surface area contributed by atoms with E-state index in [4.69, 9.17) is 16.3 Å². The van der Waals surface area contributed by atoms with Gasteiger partial charge in [0.15, 0.2) is 0 Å². The van der Waals surface area contributed by atoms with Crippen molar-refractivity contribution in [1.29, 1.82) is 5.26 Å². The van der Waals surface area contributed by atoms with E-state index in [9.17, 15) is 5.26 Å². The van der Waals surface area contributed by atoms with Crippen molar-refractivity contribution in [2.45, 2.75) is 26.2 Å². The second kappa shape index (κ2) is 7.15. The van der Waals surface area contributed by atoms with Crippen molar-refractivity contribution in [3.63, 3.8) is 0 Å². The van der Waals surface area contributed by atoms with Gasteiger partial charge in [0.1, 0.15) is 5.75 Å². The van der Waals surface area contributed by atoms with E-state index in [2.05, 4.69) is 19.1 Å². The maximum absolute atomic E-state index is 9.33. The third-order valence-electron chi connectivity index (χ3n) is 3.43. The van der Waals surface area contributed by atoms with Crippen molar-refractivity contribution in [3.05, 3.63) is 64.2 Å². The number of rotatable bonds is 5. The molecule has 2 aromatic carbocycles. The van der Waals surface area contributed by atoms with Crippen LogP contribution in [0.4, 0.5) is 0 Å². The molecule has 21 heavy (non-hydrogen) atoms. The van der Waals surface area contributed by atoms with E-state index in [1.807, 2.05) is 43.3 Å². The summed E-state index contributed by atoms with van der Waals surface area (Å²) in [5, 5.41) is 9.96. The lowest BCUT2D eigenvalue weighted by Crippen LogP contribution is -2.05. The van der Waals surface area contributed by atoms with Gasteiger partial charge in [-0.1, -0.05) is 47.5 Å². The van der Waals surface area contributed by atoms with Crippen molar-refractivity contribution in [2.24, 2.45) is 0 Å². The highest BCUT2D eigenvalue weighted by Gasteiger charge is 2.14. The molecule has 0 amide bonds. The Morgan fingerprint density at radius 1 is 1.19 bits per heavy atom. The summed E-state index contributed by atoms with van der Waals surface area (Å²) in [7, 11) is 0. The Morgan fingerprint density at radius 3 is 2.62 bits per heavy atom. The fourth-order valence-corrected chi connectivity index (χ4v) is 2.56. The predicted molar refractivity (Wildman–Crippen MR) is 85.8 cm³/mol. The molecule has 1 atom stereocenters. The number of hydrogen-bond acceptors (Lipinski definition) is 2. The van der Waals surface area contributed by atoms with Crippen molar-refractivity contribution in [3.8, 4) is 11.8 Å². The Bertz CT molecular complexity index is 661. The van der Waals surface area contributed by atoms with Gasteiger partial charge in [-0.25, -0.2) is 0 Å². The number of benzene rings is 2. The van der Waals surface area contributed by atoms with Gasteiger partial charge >= 0.3 is 0 Å². The number of nitrogens with zero attached hydrogens (tertiary/aromatic N) is 1. The van der Waals surface area contributed by atoms with Crippen LogP contribution in [0.1, 0.15) is 29.0 Å². The summed E-state index contributed by atoms with van der Waals surface area (Å²) >= 11 is 6.14. The number of hydrogen-bond donors (Lipinski definition) is 0. The minimum atomic E-state index is -0.246. The van der Waals surface area contributed by atoms with Crippen molar-refractivity contribution < 1.29 is 4.74 Å². The largest absolute Gasteiger partial charge is 0.493 e. The Hall–Kier alpha value is -1.98. The minimum Gasteiger partial charge on any atom is -0.493 e. The molecule has 0 heterocycles. The van der Waals surface area contributed by atoms with Gasteiger partial charge in [0.25, 0.3) is 0 Å². The van der Waals surface area contributed by atoms with Crippen LogP contribution in [0.2, 0.25) is 5.02 Å². The third-order valence-corrected chi connectivity index (χ3v) is 3.78. The first-order valence-corrected chi connectivity index (χ1v) is 7.33. The lowest BCUT2D eigenvalue weighted by atomic mass is 9.97. The molecular formula is C18H18ClNO. The molecule has 0 fully saturated rings. The molecule has 0 saturated carbocycles. The molecule has 0 spiro atoms. The summed E-state index contributed by atoms with van der Waals surface area (Å²) in [4.78, 5) is 0. The molecule has 2 nitrogen and oxygen atoms in total. The number of aryl methyl sites for hydroxylation is 2. The first kappa shape index (κ1) is 15.4. The molecule has 2 aromatic rings. The van der Waals surface area contributed by atoms with Crippen LogP contribution in [0.5, 0.6) is 5.75 Å². The highest BCUT2D eigenvalue weighted by atomic mass is 35.5. The zero-order valence-electron chi connectivity index (χ0n) is 12.3. The van der Waals surface area contributed by atoms with E-state index >= 15 is 0 Å². The lowest BCUT2D eigenvalue weighted by molar-refractivity contribution is 0.304. The molecule has 0 radical (unpaired) electrons. The lowest BCUT2D eigenvalue weighted by Gasteiger charge is -2.13. The minimum absolute atomic E-state index is 0.246. The van der Waals surface area contributed by atoms with Gasteiger partial charge in [0.05, 0.1) is 18.6 Å². The summed E-state index contributed by atoms with van der Waals surface area (Å²) < 4.78 is 5.79. The van der Waals surface area contributed by atoms with E-state index in [1.54, 1.807) is 0 Å². The van der Waals surface area contributed by atoms with Gasteiger partial charge in [-0.15, -0.1) is 0 Å². The monoisotopic (exact) mass is 299 g/mol. The molecule has 0 N–H and O–H groups in total. The van der Waals surface area contributed by atoms with Gasteiger partial charge in [-0.2, -0.15) is 5.26 Å². The van der Waals surface area contributed by atoms with Crippen LogP contribution < -0.4 is 4.74 Å². The van der Waals surface area contributed by atoms with Gasteiger partial charge in [-0.3, -0.25) is 0 Å². The zero-order valence-corrected chi connectivity index (χ0v) is 13.0. The maximum atomic E-state index is 9.33. The number of ether oxygens (including phenoxy) is 1. The van der Waals surface area contributed by atoms with E-state index in [0.717, 1.165) is 16.9 Å². The molecule has 0 aliphatic carbocycles. The van der Waals surface area contributed by atoms with Crippen LogP contribution in [0.3, 0.4) is 0 Å². The average Bonchev–Trinajstić information content (AvgIpc) is 2.47. The standard InChI is InChI=1S/C18H18ClNO/c1-13-7-8-18(14(2)11-13)21-10-9-15(12-20)16-5-3-4-6-17(16)19/h3-8,11,15H,9-10H2,1-2H3. The smallest absolute Gasteiger partial charge is 0.122 e. The molecular weight excluding hydrogens is 282 g/mol. The highest BCUT2D eigenvalue weighted by Crippen LogP contribution is 2.27. The molecule has 0 aromatic heterocycles. The van der Waals surface area contributed by atoms with Crippen LogP contribution in [0.15, 0.2) is 42.5 Å². The summed E-state index contributed by atoms with van der Waals surface area (Å²) in [5.74, 6) is 0.626. The first-order chi connectivity index (χ1) is 10.1. The SMILES string of the molecule is Cc1ccc(OCCC(C#N)c2ccccc2Cl)c(C)c1. The normalized spacial score (nSPS) is 11.7. The fraction of sp³-hybridized carbons (Fsp3) is 0.278. The van der Waals surface area contributed by atoms with Crippen molar-refractivity contribution in [2.75, 3.05) is 6.61 Å². The van der Waals surface area contributed by atoms with Crippen LogP contribution in [-0.4, -0.2) is 6.61 Å². The Labute approximate surface area is 130 Å². The molecule has 3 heteroatoms. The first-order valence-electron chi connectivity index (χ1n) is 6.96. The summed E-state index contributed by atoms with van der Waals surface area (Å²) in [6.45, 7) is 4.57. The van der Waals surface area contributed by atoms with Gasteiger partial charge in [-0.05, 0) is 37.1 Å². The van der Waals surface area contributed by atoms with E-state index in [1.165, 1.54) is 5.56 Å². The van der Waals surface area contributed by atoms with Gasteiger partial charge in [0, 0.05) is 11.4 Å². The fourth-order valence-electron chi connectivity index (χ4n) is 2.30. The van der Waals surface area contributed by atoms with Crippen LogP contribution >= 0.6 is 11.6 Å². The van der Waals surface area contributed by atoms with Crippen LogP contribution in [-0.2, 0) is 0 Å². The topological polar surface area (TPSA) is 33.0 Å². The molecule has 108 valence electrons. The van der Waals surface area contributed by atoms with Gasteiger partial charge in [0.2, 0.25) is 0 Å². The molecule has 0 saturated heterocycles. The molecule has 0 bridgehead atoms. The molecule has 0 aliphatic rings. The van der Waals surface area contributed by atoms with E-state index in [-0.39, 0.29) is 5.92 Å². The van der Waals surface area contributed by atoms with Crippen molar-refractivity contribution in [1.82, 2.24) is 0 Å². The second-order valence-electron chi connectivity index (χ2n) is 5.11. The molecule has 0 aliphatic heterocycles. The summed E-state index contributed by atoms with van der Waals surface area (Å²) in [6.07, 6.45) is 0.619. The Balaban J connectivity index is 1.99. The quantitative estimate of drug-likeness (QED) is 0.775. The van der Waals surface area contributed by atoms with Gasteiger partial charge < -0.3 is 4.74 Å². The summed E-state index contributed by atoms with van der Waals surface area (Å²) in [6, 6.07) is 15.9.